The summed E-state index contributed by atoms with van der Waals surface area (Å²) in [7, 11) is -3.87. The number of sulfonamides is 1. The van der Waals surface area contributed by atoms with Crippen molar-refractivity contribution in [3.8, 4) is 0 Å². The summed E-state index contributed by atoms with van der Waals surface area (Å²) in [5.74, 6) is -0.964. The fourth-order valence-corrected chi connectivity index (χ4v) is 3.71. The number of carbonyl (C=O) groups excluding carboxylic acids is 1. The minimum Gasteiger partial charge on any atom is -0.325 e. The van der Waals surface area contributed by atoms with Gasteiger partial charge in [-0.25, -0.2) is 12.8 Å². The van der Waals surface area contributed by atoms with Crippen LogP contribution in [0.3, 0.4) is 0 Å². The maximum atomic E-state index is 12.9. The van der Waals surface area contributed by atoms with Crippen molar-refractivity contribution in [3.63, 3.8) is 0 Å². The van der Waals surface area contributed by atoms with Crippen molar-refractivity contribution >= 4 is 32.4 Å². The monoisotopic (exact) mass is 372 g/mol. The van der Waals surface area contributed by atoms with E-state index in [4.69, 9.17) is 0 Å². The van der Waals surface area contributed by atoms with Gasteiger partial charge >= 0.3 is 0 Å². The second-order valence-electron chi connectivity index (χ2n) is 5.85. The molecule has 0 heterocycles. The molecule has 2 N–H and O–H groups in total. The molecule has 3 aromatic carbocycles. The Morgan fingerprint density at radius 3 is 2.31 bits per heavy atom. The Hall–Kier alpha value is -2.77. The number of nitrogens with one attached hydrogen (secondary N) is 2. The Morgan fingerprint density at radius 2 is 1.62 bits per heavy atom. The molecule has 0 unspecified atom stereocenters. The number of hydrogen-bond donors (Lipinski definition) is 2. The molecular weight excluding hydrogens is 355 g/mol. The highest BCUT2D eigenvalue weighted by Crippen LogP contribution is 2.19. The zero-order valence-electron chi connectivity index (χ0n) is 13.9. The summed E-state index contributed by atoms with van der Waals surface area (Å²) in [5.41, 5.74) is 0.383. The lowest BCUT2D eigenvalue weighted by molar-refractivity contribution is -0.117. The number of anilines is 1. The van der Waals surface area contributed by atoms with Gasteiger partial charge < -0.3 is 5.32 Å². The molecule has 0 aliphatic rings. The number of fused-ring (bicyclic) bond motifs is 1. The van der Waals surface area contributed by atoms with E-state index in [2.05, 4.69) is 10.0 Å². The van der Waals surface area contributed by atoms with Gasteiger partial charge in [-0.2, -0.15) is 4.72 Å². The van der Waals surface area contributed by atoms with E-state index < -0.39 is 27.8 Å². The maximum Gasteiger partial charge on any atom is 0.242 e. The van der Waals surface area contributed by atoms with Crippen LogP contribution in [0.15, 0.2) is 71.6 Å². The van der Waals surface area contributed by atoms with E-state index in [-0.39, 0.29) is 4.90 Å². The van der Waals surface area contributed by atoms with E-state index in [0.29, 0.717) is 5.69 Å². The summed E-state index contributed by atoms with van der Waals surface area (Å²) in [5, 5.41) is 4.26. The summed E-state index contributed by atoms with van der Waals surface area (Å²) >= 11 is 0. The highest BCUT2D eigenvalue weighted by atomic mass is 32.2. The molecule has 3 rings (SSSR count). The molecule has 134 valence electrons. The van der Waals surface area contributed by atoms with E-state index in [1.54, 1.807) is 12.1 Å². The molecule has 7 heteroatoms. The molecule has 0 spiro atoms. The third-order valence-corrected chi connectivity index (χ3v) is 5.41. The van der Waals surface area contributed by atoms with Crippen molar-refractivity contribution in [2.75, 3.05) is 5.32 Å². The van der Waals surface area contributed by atoms with Crippen LogP contribution in [0.4, 0.5) is 10.1 Å². The fraction of sp³-hybridized carbons (Fsp3) is 0.105. The van der Waals surface area contributed by atoms with Crippen molar-refractivity contribution < 1.29 is 17.6 Å². The summed E-state index contributed by atoms with van der Waals surface area (Å²) in [4.78, 5) is 12.3. The Morgan fingerprint density at radius 1 is 0.962 bits per heavy atom. The number of benzene rings is 3. The number of carbonyl (C=O) groups is 1. The van der Waals surface area contributed by atoms with Gasteiger partial charge in [0.2, 0.25) is 15.9 Å². The van der Waals surface area contributed by atoms with Crippen LogP contribution in [-0.4, -0.2) is 20.4 Å². The first-order chi connectivity index (χ1) is 12.3. The van der Waals surface area contributed by atoms with Gasteiger partial charge in [-0.1, -0.05) is 30.3 Å². The van der Waals surface area contributed by atoms with Crippen molar-refractivity contribution in [2.45, 2.75) is 17.9 Å². The minimum absolute atomic E-state index is 0.0811. The number of amides is 1. The third kappa shape index (κ3) is 4.07. The molecule has 1 amide bonds. The average molecular weight is 372 g/mol. The lowest BCUT2D eigenvalue weighted by atomic mass is 10.1. The first-order valence-corrected chi connectivity index (χ1v) is 9.41. The summed E-state index contributed by atoms with van der Waals surface area (Å²) in [6.45, 7) is 1.44. The van der Waals surface area contributed by atoms with Crippen LogP contribution in [0, 0.1) is 5.82 Å². The lowest BCUT2D eigenvalue weighted by Crippen LogP contribution is -2.41. The van der Waals surface area contributed by atoms with Crippen LogP contribution in [0.25, 0.3) is 10.8 Å². The Kier molecular flexibility index (Phi) is 5.01. The summed E-state index contributed by atoms with van der Waals surface area (Å²) in [6.07, 6.45) is 0. The second kappa shape index (κ2) is 7.23. The van der Waals surface area contributed by atoms with E-state index in [1.807, 2.05) is 24.3 Å². The Bertz CT molecular complexity index is 1050. The fourth-order valence-electron chi connectivity index (χ4n) is 2.47. The van der Waals surface area contributed by atoms with Gasteiger partial charge in [0.1, 0.15) is 5.82 Å². The van der Waals surface area contributed by atoms with E-state index in [9.17, 15) is 17.6 Å². The molecular formula is C19H17FN2O3S. The zero-order chi connectivity index (χ0) is 18.7. The topological polar surface area (TPSA) is 75.3 Å². The Balaban J connectivity index is 1.74. The second-order valence-corrected chi connectivity index (χ2v) is 7.56. The van der Waals surface area contributed by atoms with Gasteiger partial charge in [-0.05, 0) is 54.1 Å². The van der Waals surface area contributed by atoms with Crippen LogP contribution in [-0.2, 0) is 14.8 Å². The van der Waals surface area contributed by atoms with Crippen molar-refractivity contribution in [2.24, 2.45) is 0 Å². The van der Waals surface area contributed by atoms with E-state index >= 15 is 0 Å². The van der Waals surface area contributed by atoms with Crippen LogP contribution in [0.5, 0.6) is 0 Å². The van der Waals surface area contributed by atoms with Crippen LogP contribution >= 0.6 is 0 Å². The maximum absolute atomic E-state index is 12.9. The number of rotatable bonds is 5. The highest BCUT2D eigenvalue weighted by Gasteiger charge is 2.22. The van der Waals surface area contributed by atoms with Gasteiger partial charge in [0.25, 0.3) is 0 Å². The molecule has 0 fully saturated rings. The molecule has 26 heavy (non-hydrogen) atoms. The summed E-state index contributed by atoms with van der Waals surface area (Å²) in [6, 6.07) is 16.4. The molecule has 0 saturated carbocycles. The number of halogens is 1. The normalized spacial score (nSPS) is 12.7. The lowest BCUT2D eigenvalue weighted by Gasteiger charge is -2.15. The van der Waals surface area contributed by atoms with Crippen molar-refractivity contribution in [1.82, 2.24) is 4.72 Å². The average Bonchev–Trinajstić information content (AvgIpc) is 2.62. The zero-order valence-corrected chi connectivity index (χ0v) is 14.8. The molecule has 1 atom stereocenters. The van der Waals surface area contributed by atoms with Crippen LogP contribution in [0.2, 0.25) is 0 Å². The molecule has 0 aliphatic heterocycles. The SMILES string of the molecule is C[C@@H](NS(=O)(=O)c1ccc2ccccc2c1)C(=O)Nc1ccc(F)cc1. The van der Waals surface area contributed by atoms with Gasteiger partial charge in [-0.3, -0.25) is 4.79 Å². The molecule has 0 saturated heterocycles. The quantitative estimate of drug-likeness (QED) is 0.722. The first kappa shape index (κ1) is 18.0. The largest absolute Gasteiger partial charge is 0.325 e. The molecule has 0 aliphatic carbocycles. The minimum atomic E-state index is -3.87. The third-order valence-electron chi connectivity index (χ3n) is 3.87. The summed E-state index contributed by atoms with van der Waals surface area (Å²) < 4.78 is 40.3. The van der Waals surface area contributed by atoms with Gasteiger partial charge in [0, 0.05) is 5.69 Å². The number of hydrogen-bond acceptors (Lipinski definition) is 3. The van der Waals surface area contributed by atoms with Crippen LogP contribution in [0.1, 0.15) is 6.92 Å². The molecule has 0 aromatic heterocycles. The van der Waals surface area contributed by atoms with Crippen LogP contribution < -0.4 is 10.0 Å². The highest BCUT2D eigenvalue weighted by molar-refractivity contribution is 7.89. The standard InChI is InChI=1S/C19H17FN2O3S/c1-13(19(23)21-17-9-7-16(20)8-10-17)22-26(24,25)18-11-6-14-4-2-3-5-15(14)12-18/h2-13,22H,1H3,(H,21,23)/t13-/m1/s1. The van der Waals surface area contributed by atoms with E-state index in [1.165, 1.54) is 37.3 Å². The van der Waals surface area contributed by atoms with Gasteiger partial charge in [0.05, 0.1) is 10.9 Å². The van der Waals surface area contributed by atoms with Crippen molar-refractivity contribution in [1.29, 1.82) is 0 Å². The van der Waals surface area contributed by atoms with Gasteiger partial charge in [-0.15, -0.1) is 0 Å². The van der Waals surface area contributed by atoms with Gasteiger partial charge in [0.15, 0.2) is 0 Å². The van der Waals surface area contributed by atoms with Crippen molar-refractivity contribution in [3.05, 3.63) is 72.5 Å². The predicted molar refractivity (Wildman–Crippen MR) is 98.8 cm³/mol. The first-order valence-electron chi connectivity index (χ1n) is 7.93. The molecule has 3 aromatic rings. The molecule has 5 nitrogen and oxygen atoms in total. The molecule has 0 bridgehead atoms. The predicted octanol–water partition coefficient (Wildman–Crippen LogP) is 3.28. The smallest absolute Gasteiger partial charge is 0.242 e. The van der Waals surface area contributed by atoms with E-state index in [0.717, 1.165) is 10.8 Å². The Labute approximate surface area is 150 Å². The molecule has 0 radical (unpaired) electrons.